The molecule has 4 nitrogen and oxygen atoms in total. The SMILES string of the molecule is CC(C)CN(CCCCC(N)=NO)CC(C)C. The Morgan fingerprint density at radius 3 is 2.06 bits per heavy atom. The van der Waals surface area contributed by atoms with E-state index in [2.05, 4.69) is 37.8 Å². The summed E-state index contributed by atoms with van der Waals surface area (Å²) in [4.78, 5) is 2.52. The third-order valence-electron chi connectivity index (χ3n) is 2.53. The van der Waals surface area contributed by atoms with Gasteiger partial charge in [-0.05, 0) is 31.2 Å². The van der Waals surface area contributed by atoms with Gasteiger partial charge in [-0.1, -0.05) is 32.9 Å². The number of hydrogen-bond donors (Lipinski definition) is 2. The molecular weight excluding hydrogens is 214 g/mol. The highest BCUT2D eigenvalue weighted by Gasteiger charge is 2.09. The van der Waals surface area contributed by atoms with Crippen LogP contribution in [0.4, 0.5) is 0 Å². The van der Waals surface area contributed by atoms with Gasteiger partial charge < -0.3 is 15.8 Å². The average Bonchev–Trinajstić information content (AvgIpc) is 2.22. The topological polar surface area (TPSA) is 61.8 Å². The summed E-state index contributed by atoms with van der Waals surface area (Å²) in [7, 11) is 0. The Balaban J connectivity index is 3.83. The van der Waals surface area contributed by atoms with E-state index < -0.39 is 0 Å². The van der Waals surface area contributed by atoms with E-state index in [0.29, 0.717) is 24.1 Å². The summed E-state index contributed by atoms with van der Waals surface area (Å²) in [5.74, 6) is 1.75. The molecule has 0 aromatic heterocycles. The van der Waals surface area contributed by atoms with Crippen LogP contribution in [0.2, 0.25) is 0 Å². The van der Waals surface area contributed by atoms with Crippen LogP contribution >= 0.6 is 0 Å². The van der Waals surface area contributed by atoms with Crippen LogP contribution < -0.4 is 5.73 Å². The highest BCUT2D eigenvalue weighted by molar-refractivity contribution is 5.79. The first-order chi connectivity index (χ1) is 7.95. The van der Waals surface area contributed by atoms with Gasteiger partial charge in [0.05, 0.1) is 0 Å². The molecule has 3 N–H and O–H groups in total. The molecule has 0 aliphatic heterocycles. The molecule has 0 unspecified atom stereocenters. The van der Waals surface area contributed by atoms with E-state index in [1.54, 1.807) is 0 Å². The van der Waals surface area contributed by atoms with Gasteiger partial charge in [-0.2, -0.15) is 0 Å². The Bertz CT molecular complexity index is 205. The van der Waals surface area contributed by atoms with E-state index in [1.165, 1.54) is 0 Å². The Kier molecular flexibility index (Phi) is 8.86. The lowest BCUT2D eigenvalue weighted by Gasteiger charge is -2.26. The van der Waals surface area contributed by atoms with Crippen molar-refractivity contribution in [1.82, 2.24) is 4.90 Å². The fourth-order valence-electron chi connectivity index (χ4n) is 1.98. The van der Waals surface area contributed by atoms with Gasteiger partial charge in [0.15, 0.2) is 0 Å². The van der Waals surface area contributed by atoms with Crippen molar-refractivity contribution in [3.8, 4) is 0 Å². The molecule has 0 saturated heterocycles. The standard InChI is InChI=1S/C13H29N3O/c1-11(2)9-16(10-12(3)4)8-6-5-7-13(14)15-17/h11-12,17H,5-10H2,1-4H3,(H2,14,15). The minimum Gasteiger partial charge on any atom is -0.409 e. The molecular formula is C13H29N3O. The zero-order valence-corrected chi connectivity index (χ0v) is 11.8. The molecule has 0 radical (unpaired) electrons. The quantitative estimate of drug-likeness (QED) is 0.215. The third kappa shape index (κ3) is 10.1. The van der Waals surface area contributed by atoms with Crippen LogP contribution in [0, 0.1) is 11.8 Å². The Morgan fingerprint density at radius 2 is 1.65 bits per heavy atom. The molecule has 0 aromatic rings. The zero-order valence-electron chi connectivity index (χ0n) is 11.8. The van der Waals surface area contributed by atoms with Crippen molar-refractivity contribution >= 4 is 5.84 Å². The Hall–Kier alpha value is -0.770. The van der Waals surface area contributed by atoms with Crippen molar-refractivity contribution in [3.05, 3.63) is 0 Å². The maximum atomic E-state index is 8.43. The van der Waals surface area contributed by atoms with Crippen molar-refractivity contribution in [2.24, 2.45) is 22.7 Å². The molecule has 0 fully saturated rings. The maximum Gasteiger partial charge on any atom is 0.139 e. The molecule has 0 amide bonds. The van der Waals surface area contributed by atoms with Gasteiger partial charge in [0.1, 0.15) is 5.84 Å². The van der Waals surface area contributed by atoms with Crippen molar-refractivity contribution in [2.75, 3.05) is 19.6 Å². The smallest absolute Gasteiger partial charge is 0.139 e. The van der Waals surface area contributed by atoms with E-state index in [4.69, 9.17) is 10.9 Å². The molecule has 17 heavy (non-hydrogen) atoms. The van der Waals surface area contributed by atoms with Crippen LogP contribution in [0.3, 0.4) is 0 Å². The lowest BCUT2D eigenvalue weighted by Crippen LogP contribution is -2.32. The molecule has 0 aliphatic rings. The fourth-order valence-corrected chi connectivity index (χ4v) is 1.98. The second kappa shape index (κ2) is 9.28. The molecule has 0 aliphatic carbocycles. The molecule has 0 heterocycles. The van der Waals surface area contributed by atoms with E-state index in [0.717, 1.165) is 32.5 Å². The van der Waals surface area contributed by atoms with Crippen molar-refractivity contribution in [2.45, 2.75) is 47.0 Å². The van der Waals surface area contributed by atoms with E-state index >= 15 is 0 Å². The van der Waals surface area contributed by atoms with E-state index in [-0.39, 0.29) is 0 Å². The van der Waals surface area contributed by atoms with E-state index in [1.807, 2.05) is 0 Å². The highest BCUT2D eigenvalue weighted by atomic mass is 16.4. The summed E-state index contributed by atoms with van der Waals surface area (Å²) in [5.41, 5.74) is 5.44. The van der Waals surface area contributed by atoms with Gasteiger partial charge in [0.25, 0.3) is 0 Å². The zero-order chi connectivity index (χ0) is 13.3. The number of nitrogens with two attached hydrogens (primary N) is 1. The van der Waals surface area contributed by atoms with Gasteiger partial charge in [-0.25, -0.2) is 0 Å². The van der Waals surface area contributed by atoms with Crippen LogP contribution in [0.15, 0.2) is 5.16 Å². The summed E-state index contributed by atoms with van der Waals surface area (Å²) < 4.78 is 0. The third-order valence-corrected chi connectivity index (χ3v) is 2.53. The monoisotopic (exact) mass is 243 g/mol. The number of hydrogen-bond acceptors (Lipinski definition) is 3. The summed E-state index contributed by atoms with van der Waals surface area (Å²) >= 11 is 0. The van der Waals surface area contributed by atoms with Gasteiger partial charge in [0.2, 0.25) is 0 Å². The molecule has 0 rings (SSSR count). The summed E-state index contributed by atoms with van der Waals surface area (Å²) in [6, 6.07) is 0. The maximum absolute atomic E-state index is 8.43. The minimum absolute atomic E-state index is 0.337. The van der Waals surface area contributed by atoms with Crippen LogP contribution in [0.25, 0.3) is 0 Å². The van der Waals surface area contributed by atoms with Gasteiger partial charge in [-0.3, -0.25) is 0 Å². The summed E-state index contributed by atoms with van der Waals surface area (Å²) in [5, 5.41) is 11.4. The van der Waals surface area contributed by atoms with Crippen molar-refractivity contribution in [3.63, 3.8) is 0 Å². The number of nitrogens with zero attached hydrogens (tertiary/aromatic N) is 2. The molecule has 4 heteroatoms. The lowest BCUT2D eigenvalue weighted by atomic mass is 10.1. The highest BCUT2D eigenvalue weighted by Crippen LogP contribution is 2.06. The summed E-state index contributed by atoms with van der Waals surface area (Å²) in [6.07, 6.45) is 2.78. The number of oxime groups is 1. The van der Waals surface area contributed by atoms with Crippen molar-refractivity contribution < 1.29 is 5.21 Å². The molecule has 0 spiro atoms. The number of unbranched alkanes of at least 4 members (excludes halogenated alkanes) is 1. The summed E-state index contributed by atoms with van der Waals surface area (Å²) in [6.45, 7) is 12.4. The molecule has 102 valence electrons. The van der Waals surface area contributed by atoms with Crippen LogP contribution in [-0.2, 0) is 0 Å². The second-order valence-corrected chi connectivity index (χ2v) is 5.60. The van der Waals surface area contributed by atoms with Crippen LogP contribution in [0.1, 0.15) is 47.0 Å². The lowest BCUT2D eigenvalue weighted by molar-refractivity contribution is 0.216. The predicted octanol–water partition coefficient (Wildman–Crippen LogP) is 2.52. The normalized spacial score (nSPS) is 13.0. The largest absolute Gasteiger partial charge is 0.409 e. The van der Waals surface area contributed by atoms with Crippen molar-refractivity contribution in [1.29, 1.82) is 0 Å². The first-order valence-corrected chi connectivity index (χ1v) is 6.64. The predicted molar refractivity (Wildman–Crippen MR) is 73.4 cm³/mol. The fraction of sp³-hybridized carbons (Fsp3) is 0.923. The first-order valence-electron chi connectivity index (χ1n) is 6.64. The Labute approximate surface area is 106 Å². The van der Waals surface area contributed by atoms with Gasteiger partial charge in [0, 0.05) is 19.5 Å². The molecule has 0 bridgehead atoms. The Morgan fingerprint density at radius 1 is 1.12 bits per heavy atom. The molecule has 0 saturated carbocycles. The second-order valence-electron chi connectivity index (χ2n) is 5.60. The molecule has 0 aromatic carbocycles. The number of rotatable bonds is 9. The minimum atomic E-state index is 0.337. The van der Waals surface area contributed by atoms with Gasteiger partial charge >= 0.3 is 0 Å². The van der Waals surface area contributed by atoms with E-state index in [9.17, 15) is 0 Å². The first kappa shape index (κ1) is 16.2. The molecule has 0 atom stereocenters. The van der Waals surface area contributed by atoms with Crippen LogP contribution in [0.5, 0.6) is 0 Å². The average molecular weight is 243 g/mol. The van der Waals surface area contributed by atoms with Gasteiger partial charge in [-0.15, -0.1) is 0 Å². The van der Waals surface area contributed by atoms with Crippen LogP contribution in [-0.4, -0.2) is 35.6 Å². The number of amidine groups is 1.